The number of nitrogens with zero attached hydrogens (tertiary/aromatic N) is 7. The fraction of sp³-hybridized carbons (Fsp3) is 0.417. The molecule has 1 fully saturated rings. The molecular formula is C24H34N8. The SMILES string of the molecule is C=C1N(C)CCC1(C)C/C=C(\C)c1ccn(-c2ccnc(Nc3cnn(C)c3)n2)n1.CC. The number of anilines is 2. The van der Waals surface area contributed by atoms with Crippen LogP contribution in [0.3, 0.4) is 0 Å². The first kappa shape index (κ1) is 23.2. The van der Waals surface area contributed by atoms with E-state index in [2.05, 4.69) is 58.8 Å². The van der Waals surface area contributed by atoms with Crippen LogP contribution in [-0.4, -0.2) is 48.0 Å². The third-order valence-electron chi connectivity index (χ3n) is 5.84. The molecule has 8 nitrogen and oxygen atoms in total. The van der Waals surface area contributed by atoms with Gasteiger partial charge in [-0.2, -0.15) is 15.2 Å². The number of rotatable bonds is 6. The molecule has 170 valence electrons. The van der Waals surface area contributed by atoms with Crippen LogP contribution in [-0.2, 0) is 7.05 Å². The molecule has 1 aliphatic rings. The zero-order chi connectivity index (χ0) is 23.3. The Bertz CT molecular complexity index is 1090. The molecule has 32 heavy (non-hydrogen) atoms. The summed E-state index contributed by atoms with van der Waals surface area (Å²) in [4.78, 5) is 11.1. The molecule has 4 heterocycles. The first-order valence-corrected chi connectivity index (χ1v) is 11.1. The van der Waals surface area contributed by atoms with Crippen LogP contribution in [0.1, 0.15) is 46.2 Å². The molecule has 1 unspecified atom stereocenters. The summed E-state index contributed by atoms with van der Waals surface area (Å²) >= 11 is 0. The molecule has 0 saturated carbocycles. The molecule has 0 aromatic carbocycles. The van der Waals surface area contributed by atoms with Crippen molar-refractivity contribution in [3.63, 3.8) is 0 Å². The van der Waals surface area contributed by atoms with E-state index in [-0.39, 0.29) is 5.41 Å². The molecule has 1 saturated heterocycles. The topological polar surface area (TPSA) is 76.7 Å². The van der Waals surface area contributed by atoms with Gasteiger partial charge in [-0.05, 0) is 31.4 Å². The Morgan fingerprint density at radius 1 is 1.28 bits per heavy atom. The summed E-state index contributed by atoms with van der Waals surface area (Å²) in [5.74, 6) is 1.20. The van der Waals surface area contributed by atoms with Crippen molar-refractivity contribution < 1.29 is 0 Å². The molecular weight excluding hydrogens is 400 g/mol. The number of allylic oxidation sites excluding steroid dienone is 3. The van der Waals surface area contributed by atoms with E-state index < -0.39 is 0 Å². The Balaban J connectivity index is 0.00000141. The van der Waals surface area contributed by atoms with Gasteiger partial charge in [-0.3, -0.25) is 4.68 Å². The van der Waals surface area contributed by atoms with E-state index in [1.54, 1.807) is 21.8 Å². The maximum absolute atomic E-state index is 4.72. The van der Waals surface area contributed by atoms with Gasteiger partial charge in [-0.25, -0.2) is 9.67 Å². The average Bonchev–Trinajstić information content (AvgIpc) is 3.51. The molecule has 3 aromatic rings. The van der Waals surface area contributed by atoms with Gasteiger partial charge in [0.2, 0.25) is 5.95 Å². The van der Waals surface area contributed by atoms with Crippen molar-refractivity contribution >= 4 is 17.2 Å². The number of aryl methyl sites for hydroxylation is 1. The fourth-order valence-corrected chi connectivity index (χ4v) is 3.67. The smallest absolute Gasteiger partial charge is 0.229 e. The van der Waals surface area contributed by atoms with Crippen LogP contribution in [0.5, 0.6) is 0 Å². The maximum Gasteiger partial charge on any atom is 0.229 e. The highest BCUT2D eigenvalue weighted by Gasteiger charge is 2.34. The standard InChI is InChI=1S/C22H28N8.C2H6/c1-16(6-9-22(3)10-13-28(4)17(22)2)19-8-12-30(27-19)20-7-11-23-21(26-20)25-18-14-24-29(5)15-18;1-2/h6-8,11-12,14-15H,2,9-10,13H2,1,3-5H3,(H,23,25,26);1-2H3/b16-6+;. The monoisotopic (exact) mass is 434 g/mol. The van der Waals surface area contributed by atoms with Crippen molar-refractivity contribution in [2.75, 3.05) is 18.9 Å². The van der Waals surface area contributed by atoms with Crippen LogP contribution >= 0.6 is 0 Å². The van der Waals surface area contributed by atoms with Crippen molar-refractivity contribution in [1.82, 2.24) is 34.4 Å². The molecule has 1 atom stereocenters. The Kier molecular flexibility index (Phi) is 7.12. The van der Waals surface area contributed by atoms with Gasteiger partial charge in [0.1, 0.15) is 0 Å². The fourth-order valence-electron chi connectivity index (χ4n) is 3.67. The lowest BCUT2D eigenvalue weighted by molar-refractivity contribution is 0.403. The van der Waals surface area contributed by atoms with E-state index in [0.717, 1.165) is 36.3 Å². The molecule has 0 aliphatic carbocycles. The summed E-state index contributed by atoms with van der Waals surface area (Å²) in [5.41, 5.74) is 4.27. The summed E-state index contributed by atoms with van der Waals surface area (Å²) in [6, 6.07) is 3.85. The van der Waals surface area contributed by atoms with E-state index >= 15 is 0 Å². The van der Waals surface area contributed by atoms with Gasteiger partial charge < -0.3 is 10.2 Å². The summed E-state index contributed by atoms with van der Waals surface area (Å²) in [5, 5.41) is 12.0. The summed E-state index contributed by atoms with van der Waals surface area (Å²) < 4.78 is 3.49. The lowest BCUT2D eigenvalue weighted by Crippen LogP contribution is -2.17. The Hall–Kier alpha value is -3.42. The molecule has 0 radical (unpaired) electrons. The molecule has 0 bridgehead atoms. The minimum Gasteiger partial charge on any atom is -0.378 e. The number of aromatic nitrogens is 6. The van der Waals surface area contributed by atoms with E-state index in [1.807, 2.05) is 45.4 Å². The largest absolute Gasteiger partial charge is 0.378 e. The lowest BCUT2D eigenvalue weighted by Gasteiger charge is -2.25. The van der Waals surface area contributed by atoms with E-state index in [4.69, 9.17) is 5.10 Å². The van der Waals surface area contributed by atoms with Gasteiger partial charge in [-0.1, -0.05) is 33.4 Å². The molecule has 1 N–H and O–H groups in total. The van der Waals surface area contributed by atoms with Crippen LogP contribution in [0.15, 0.2) is 55.3 Å². The Morgan fingerprint density at radius 3 is 2.72 bits per heavy atom. The molecule has 4 rings (SSSR count). The number of hydrogen-bond donors (Lipinski definition) is 1. The predicted molar refractivity (Wildman–Crippen MR) is 130 cm³/mol. The summed E-state index contributed by atoms with van der Waals surface area (Å²) in [6.45, 7) is 13.7. The van der Waals surface area contributed by atoms with Gasteiger partial charge in [0.15, 0.2) is 5.82 Å². The van der Waals surface area contributed by atoms with Gasteiger partial charge in [0.05, 0.1) is 17.6 Å². The second kappa shape index (κ2) is 9.80. The quantitative estimate of drug-likeness (QED) is 0.600. The van der Waals surface area contributed by atoms with E-state index in [0.29, 0.717) is 11.8 Å². The molecule has 0 amide bonds. The van der Waals surface area contributed by atoms with Crippen molar-refractivity contribution in [3.05, 3.63) is 61.0 Å². The molecule has 0 spiro atoms. The van der Waals surface area contributed by atoms with Crippen LogP contribution in [0.4, 0.5) is 11.6 Å². The molecule has 8 heteroatoms. The first-order valence-electron chi connectivity index (χ1n) is 11.1. The number of nitrogens with one attached hydrogen (secondary N) is 1. The first-order chi connectivity index (χ1) is 15.3. The zero-order valence-corrected chi connectivity index (χ0v) is 20.0. The van der Waals surface area contributed by atoms with Crippen molar-refractivity contribution in [2.45, 2.75) is 40.5 Å². The van der Waals surface area contributed by atoms with Crippen molar-refractivity contribution in [1.29, 1.82) is 0 Å². The van der Waals surface area contributed by atoms with Crippen molar-refractivity contribution in [2.24, 2.45) is 12.5 Å². The van der Waals surface area contributed by atoms with Crippen LogP contribution < -0.4 is 5.32 Å². The van der Waals surface area contributed by atoms with Gasteiger partial charge in [0, 0.05) is 56.4 Å². The highest BCUT2D eigenvalue weighted by Crippen LogP contribution is 2.41. The van der Waals surface area contributed by atoms with Gasteiger partial charge in [-0.15, -0.1) is 0 Å². The summed E-state index contributed by atoms with van der Waals surface area (Å²) in [6.07, 6.45) is 11.6. The Labute approximate surface area is 190 Å². The highest BCUT2D eigenvalue weighted by atomic mass is 15.3. The van der Waals surface area contributed by atoms with Gasteiger partial charge in [0.25, 0.3) is 0 Å². The third-order valence-corrected chi connectivity index (χ3v) is 5.84. The van der Waals surface area contributed by atoms with Gasteiger partial charge >= 0.3 is 0 Å². The summed E-state index contributed by atoms with van der Waals surface area (Å²) in [7, 11) is 3.98. The second-order valence-electron chi connectivity index (χ2n) is 8.18. The van der Waals surface area contributed by atoms with E-state index in [9.17, 15) is 0 Å². The second-order valence-corrected chi connectivity index (χ2v) is 8.18. The van der Waals surface area contributed by atoms with Crippen LogP contribution in [0.25, 0.3) is 11.4 Å². The highest BCUT2D eigenvalue weighted by molar-refractivity contribution is 5.60. The average molecular weight is 435 g/mol. The maximum atomic E-state index is 4.72. The minimum atomic E-state index is 0.123. The van der Waals surface area contributed by atoms with E-state index in [1.165, 1.54) is 5.70 Å². The van der Waals surface area contributed by atoms with Crippen molar-refractivity contribution in [3.8, 4) is 5.82 Å². The predicted octanol–water partition coefficient (Wildman–Crippen LogP) is 4.81. The third kappa shape index (κ3) is 5.07. The minimum absolute atomic E-state index is 0.123. The molecule has 1 aliphatic heterocycles. The number of likely N-dealkylation sites (tertiary alicyclic amines) is 1. The number of hydrogen-bond acceptors (Lipinski definition) is 6. The van der Waals surface area contributed by atoms with Crippen LogP contribution in [0.2, 0.25) is 0 Å². The molecule has 3 aromatic heterocycles. The van der Waals surface area contributed by atoms with Crippen LogP contribution in [0, 0.1) is 5.41 Å². The Morgan fingerprint density at radius 2 is 2.06 bits per heavy atom. The zero-order valence-electron chi connectivity index (χ0n) is 20.0. The normalized spacial score (nSPS) is 18.5. The lowest BCUT2D eigenvalue weighted by atomic mass is 9.82.